The van der Waals surface area contributed by atoms with E-state index in [2.05, 4.69) is 4.98 Å². The van der Waals surface area contributed by atoms with Gasteiger partial charge in [-0.2, -0.15) is 4.73 Å². The van der Waals surface area contributed by atoms with E-state index in [1.165, 1.54) is 13.0 Å². The minimum absolute atomic E-state index is 0.130. The van der Waals surface area contributed by atoms with Gasteiger partial charge in [0.05, 0.1) is 12.7 Å². The highest BCUT2D eigenvalue weighted by molar-refractivity contribution is 5.93. The molecule has 0 bridgehead atoms. The number of hydrogen-bond acceptors (Lipinski definition) is 6. The third kappa shape index (κ3) is 3.56. The summed E-state index contributed by atoms with van der Waals surface area (Å²) < 4.78 is 10.9. The maximum Gasteiger partial charge on any atom is 0.305 e. The Balaban J connectivity index is 2.54. The fourth-order valence-corrected chi connectivity index (χ4v) is 2.15. The first-order valence-corrected chi connectivity index (χ1v) is 7.33. The first kappa shape index (κ1) is 16.7. The molecule has 0 aliphatic carbocycles. The summed E-state index contributed by atoms with van der Waals surface area (Å²) in [6, 6.07) is 4.85. The summed E-state index contributed by atoms with van der Waals surface area (Å²) in [4.78, 5) is 27.4. The van der Waals surface area contributed by atoms with E-state index < -0.39 is 11.8 Å². The van der Waals surface area contributed by atoms with Gasteiger partial charge in [-0.25, -0.2) is 4.98 Å². The van der Waals surface area contributed by atoms with Crippen molar-refractivity contribution in [3.8, 4) is 5.75 Å². The molecule has 0 N–H and O–H groups in total. The van der Waals surface area contributed by atoms with Crippen molar-refractivity contribution in [3.05, 3.63) is 34.8 Å². The Hall–Kier alpha value is -2.70. The predicted octanol–water partition coefficient (Wildman–Crippen LogP) is 1.92. The van der Waals surface area contributed by atoms with Gasteiger partial charge >= 0.3 is 5.97 Å². The van der Waals surface area contributed by atoms with Crippen molar-refractivity contribution in [2.75, 3.05) is 6.61 Å². The molecule has 1 aromatic carbocycles. The fourth-order valence-electron chi connectivity index (χ4n) is 2.15. The Kier molecular flexibility index (Phi) is 5.10. The van der Waals surface area contributed by atoms with E-state index in [0.717, 1.165) is 0 Å². The number of rotatable bonds is 6. The average molecular weight is 318 g/mol. The lowest BCUT2D eigenvalue weighted by Crippen LogP contribution is -2.37. The third-order valence-electron chi connectivity index (χ3n) is 3.20. The van der Waals surface area contributed by atoms with Crippen LogP contribution in [0.3, 0.4) is 0 Å². The quantitative estimate of drug-likeness (QED) is 0.350. The molecule has 0 aliphatic heterocycles. The molecule has 0 spiro atoms. The largest absolute Gasteiger partial charge is 0.618 e. The molecule has 2 rings (SSSR count). The molecule has 7 nitrogen and oxygen atoms in total. The van der Waals surface area contributed by atoms with E-state index in [-0.39, 0.29) is 29.9 Å². The van der Waals surface area contributed by atoms with Crippen molar-refractivity contribution in [3.63, 3.8) is 0 Å². The molecule has 122 valence electrons. The maximum absolute atomic E-state index is 12.5. The minimum Gasteiger partial charge on any atom is -0.618 e. The first-order chi connectivity index (χ1) is 11.0. The zero-order valence-electron chi connectivity index (χ0n) is 13.3. The van der Waals surface area contributed by atoms with Gasteiger partial charge < -0.3 is 14.7 Å². The summed E-state index contributed by atoms with van der Waals surface area (Å²) >= 11 is 0. The smallest absolute Gasteiger partial charge is 0.305 e. The standard InChI is InChI=1S/C16H18N2O5/c1-4-15(20)23-9-13-16(10(3)19)18(21)14-8-11(22-5-2)6-7-12(14)17-13/h6-8H,4-5,9H2,1-3H3. The van der Waals surface area contributed by atoms with Gasteiger partial charge in [-0.3, -0.25) is 9.59 Å². The average Bonchev–Trinajstić information content (AvgIpc) is 2.53. The molecule has 0 atom stereocenters. The minimum atomic E-state index is -0.446. The predicted molar refractivity (Wildman–Crippen MR) is 82.0 cm³/mol. The number of hydrogen-bond donors (Lipinski definition) is 0. The highest BCUT2D eigenvalue weighted by Crippen LogP contribution is 2.19. The highest BCUT2D eigenvalue weighted by Gasteiger charge is 2.24. The molecule has 0 fully saturated rings. The van der Waals surface area contributed by atoms with Crippen molar-refractivity contribution in [2.45, 2.75) is 33.8 Å². The second kappa shape index (κ2) is 7.04. The Morgan fingerprint density at radius 2 is 2.04 bits per heavy atom. The number of esters is 1. The van der Waals surface area contributed by atoms with Crippen LogP contribution in [0.2, 0.25) is 0 Å². The molecular weight excluding hydrogens is 300 g/mol. The number of Topliss-reactive ketones (excluding diaryl/α,β-unsaturated/α-hetero) is 1. The molecule has 2 aromatic rings. The molecule has 1 aromatic heterocycles. The van der Waals surface area contributed by atoms with Crippen LogP contribution < -0.4 is 9.47 Å². The second-order valence-corrected chi connectivity index (χ2v) is 4.86. The molecular formula is C16H18N2O5. The van der Waals surface area contributed by atoms with Crippen LogP contribution in [0.1, 0.15) is 43.4 Å². The van der Waals surface area contributed by atoms with Gasteiger partial charge in [0.2, 0.25) is 11.3 Å². The van der Waals surface area contributed by atoms with Crippen molar-refractivity contribution in [1.82, 2.24) is 4.98 Å². The second-order valence-electron chi connectivity index (χ2n) is 4.86. The summed E-state index contributed by atoms with van der Waals surface area (Å²) in [6.07, 6.45) is 0.206. The molecule has 7 heteroatoms. The number of aromatic nitrogens is 2. The van der Waals surface area contributed by atoms with Crippen molar-refractivity contribution in [1.29, 1.82) is 0 Å². The lowest BCUT2D eigenvalue weighted by molar-refractivity contribution is -0.580. The molecule has 0 saturated heterocycles. The Bertz CT molecular complexity index is 758. The van der Waals surface area contributed by atoms with Gasteiger partial charge in [-0.1, -0.05) is 6.92 Å². The topological polar surface area (TPSA) is 92.4 Å². The molecule has 0 unspecified atom stereocenters. The summed E-state index contributed by atoms with van der Waals surface area (Å²) in [5, 5.41) is 12.5. The van der Waals surface area contributed by atoms with Gasteiger partial charge in [0.15, 0.2) is 5.69 Å². The number of carbonyl (C=O) groups is 2. The van der Waals surface area contributed by atoms with E-state index in [0.29, 0.717) is 22.6 Å². The SMILES string of the molecule is CCOc1ccc2nc(COC(=O)CC)c(C(C)=O)[n+]([O-])c2c1. The Morgan fingerprint density at radius 1 is 1.30 bits per heavy atom. The molecule has 0 saturated carbocycles. The van der Waals surface area contributed by atoms with E-state index >= 15 is 0 Å². The van der Waals surface area contributed by atoms with E-state index in [1.54, 1.807) is 19.1 Å². The Morgan fingerprint density at radius 3 is 2.65 bits per heavy atom. The summed E-state index contributed by atoms with van der Waals surface area (Å²) in [7, 11) is 0. The number of ketones is 1. The number of carbonyl (C=O) groups excluding carboxylic acids is 2. The zero-order chi connectivity index (χ0) is 17.0. The molecule has 1 heterocycles. The van der Waals surface area contributed by atoms with Crippen LogP contribution in [0, 0.1) is 5.21 Å². The molecule has 23 heavy (non-hydrogen) atoms. The third-order valence-corrected chi connectivity index (χ3v) is 3.20. The molecule has 0 amide bonds. The number of nitrogens with zero attached hydrogens (tertiary/aromatic N) is 2. The lowest BCUT2D eigenvalue weighted by atomic mass is 10.2. The van der Waals surface area contributed by atoms with Crippen LogP contribution in [0.5, 0.6) is 5.75 Å². The van der Waals surface area contributed by atoms with Crippen molar-refractivity contribution in [2.24, 2.45) is 0 Å². The maximum atomic E-state index is 12.5. The lowest BCUT2D eigenvalue weighted by Gasteiger charge is -2.11. The van der Waals surface area contributed by atoms with Crippen LogP contribution in [0.4, 0.5) is 0 Å². The first-order valence-electron chi connectivity index (χ1n) is 7.33. The van der Waals surface area contributed by atoms with Crippen molar-refractivity contribution < 1.29 is 23.8 Å². The van der Waals surface area contributed by atoms with Gasteiger partial charge in [0.1, 0.15) is 17.9 Å². The Labute approximate surface area is 133 Å². The van der Waals surface area contributed by atoms with E-state index in [9.17, 15) is 14.8 Å². The van der Waals surface area contributed by atoms with Gasteiger partial charge in [0, 0.05) is 13.3 Å². The highest BCUT2D eigenvalue weighted by atomic mass is 16.5. The van der Waals surface area contributed by atoms with Crippen LogP contribution in [0.15, 0.2) is 18.2 Å². The fraction of sp³-hybridized carbons (Fsp3) is 0.375. The molecule has 0 radical (unpaired) electrons. The van der Waals surface area contributed by atoms with E-state index in [4.69, 9.17) is 9.47 Å². The van der Waals surface area contributed by atoms with Gasteiger partial charge in [-0.15, -0.1) is 0 Å². The summed E-state index contributed by atoms with van der Waals surface area (Å²) in [5.41, 5.74) is 0.642. The zero-order valence-corrected chi connectivity index (χ0v) is 13.3. The summed E-state index contributed by atoms with van der Waals surface area (Å²) in [5.74, 6) is -0.352. The summed E-state index contributed by atoms with van der Waals surface area (Å²) in [6.45, 7) is 5.01. The van der Waals surface area contributed by atoms with Crippen molar-refractivity contribution >= 4 is 22.8 Å². The number of fused-ring (bicyclic) bond motifs is 1. The molecule has 0 aliphatic rings. The number of ether oxygens (including phenoxy) is 2. The number of benzene rings is 1. The monoisotopic (exact) mass is 318 g/mol. The normalized spacial score (nSPS) is 10.6. The van der Waals surface area contributed by atoms with Crippen LogP contribution >= 0.6 is 0 Å². The van der Waals surface area contributed by atoms with Gasteiger partial charge in [0.25, 0.3) is 5.69 Å². The van der Waals surface area contributed by atoms with E-state index in [1.807, 2.05) is 6.92 Å². The van der Waals surface area contributed by atoms with Gasteiger partial charge in [-0.05, 0) is 19.1 Å². The van der Waals surface area contributed by atoms with Crippen LogP contribution in [-0.2, 0) is 16.1 Å². The van der Waals surface area contributed by atoms with Crippen LogP contribution in [-0.4, -0.2) is 23.3 Å². The van der Waals surface area contributed by atoms with Crippen LogP contribution in [0.25, 0.3) is 11.0 Å².